The van der Waals surface area contributed by atoms with Gasteiger partial charge in [-0.25, -0.2) is 0 Å². The van der Waals surface area contributed by atoms with Crippen LogP contribution in [0.1, 0.15) is 34.6 Å². The van der Waals surface area contributed by atoms with Crippen molar-refractivity contribution in [3.8, 4) is 11.5 Å². The van der Waals surface area contributed by atoms with Gasteiger partial charge in [0.15, 0.2) is 0 Å². The molecule has 0 atom stereocenters. The number of carbonyl (C=O) groups excluding carboxylic acids is 2. The molecule has 0 heterocycles. The smallest absolute Gasteiger partial charge is 0.269 e. The summed E-state index contributed by atoms with van der Waals surface area (Å²) in [6.45, 7) is 3.85. The Morgan fingerprint density at radius 2 is 1.52 bits per heavy atom. The van der Waals surface area contributed by atoms with E-state index in [9.17, 15) is 9.59 Å². The van der Waals surface area contributed by atoms with Crippen molar-refractivity contribution >= 4 is 34.4 Å². The molecule has 7 heteroatoms. The number of amides is 2. The molecule has 6 nitrogen and oxygen atoms in total. The van der Waals surface area contributed by atoms with Crippen molar-refractivity contribution in [2.24, 2.45) is 0 Å². The van der Waals surface area contributed by atoms with Gasteiger partial charge < -0.3 is 9.47 Å². The zero-order valence-corrected chi connectivity index (χ0v) is 16.3. The SMILES string of the molecule is COc1ccc(C(=O)NNC(=O)c2ccc(OC(C)C)cc2)cc1I. The lowest BCUT2D eigenvalue weighted by Gasteiger charge is -2.11. The topological polar surface area (TPSA) is 76.7 Å². The highest BCUT2D eigenvalue weighted by Crippen LogP contribution is 2.21. The number of hydrazine groups is 1. The molecule has 0 aromatic heterocycles. The maximum absolute atomic E-state index is 12.1. The molecule has 132 valence electrons. The Bertz CT molecular complexity index is 760. The molecule has 0 aliphatic heterocycles. The average molecular weight is 454 g/mol. The van der Waals surface area contributed by atoms with Crippen molar-refractivity contribution in [2.45, 2.75) is 20.0 Å². The number of rotatable bonds is 5. The Morgan fingerprint density at radius 3 is 2.04 bits per heavy atom. The Hall–Kier alpha value is -2.29. The molecule has 25 heavy (non-hydrogen) atoms. The molecule has 0 saturated heterocycles. The fourth-order valence-electron chi connectivity index (χ4n) is 2.02. The van der Waals surface area contributed by atoms with Gasteiger partial charge in [-0.3, -0.25) is 20.4 Å². The van der Waals surface area contributed by atoms with Gasteiger partial charge in [0.1, 0.15) is 11.5 Å². The van der Waals surface area contributed by atoms with Gasteiger partial charge in [-0.2, -0.15) is 0 Å². The van der Waals surface area contributed by atoms with Crippen molar-refractivity contribution in [3.05, 3.63) is 57.2 Å². The van der Waals surface area contributed by atoms with Crippen LogP contribution in [0.25, 0.3) is 0 Å². The van der Waals surface area contributed by atoms with Crippen LogP contribution in [0.4, 0.5) is 0 Å². The Kier molecular flexibility index (Phi) is 6.63. The number of hydrogen-bond donors (Lipinski definition) is 2. The number of methoxy groups -OCH3 is 1. The van der Waals surface area contributed by atoms with E-state index in [1.165, 1.54) is 0 Å². The van der Waals surface area contributed by atoms with Crippen molar-refractivity contribution in [1.29, 1.82) is 0 Å². The highest BCUT2D eigenvalue weighted by atomic mass is 127. The monoisotopic (exact) mass is 454 g/mol. The van der Waals surface area contributed by atoms with Crippen molar-refractivity contribution in [3.63, 3.8) is 0 Å². The molecule has 2 amide bonds. The summed E-state index contributed by atoms with van der Waals surface area (Å²) < 4.78 is 11.5. The first-order valence-electron chi connectivity index (χ1n) is 7.61. The molecule has 2 rings (SSSR count). The molecule has 0 aliphatic rings. The number of nitrogens with one attached hydrogen (secondary N) is 2. The van der Waals surface area contributed by atoms with Gasteiger partial charge >= 0.3 is 0 Å². The molecule has 2 aromatic carbocycles. The first-order chi connectivity index (χ1) is 11.9. The molecule has 0 saturated carbocycles. The second kappa shape index (κ2) is 8.70. The maximum atomic E-state index is 12.1. The van der Waals surface area contributed by atoms with Crippen molar-refractivity contribution in [2.75, 3.05) is 7.11 Å². The average Bonchev–Trinajstić information content (AvgIpc) is 2.59. The van der Waals surface area contributed by atoms with E-state index in [0.717, 1.165) is 3.57 Å². The zero-order valence-electron chi connectivity index (χ0n) is 14.1. The van der Waals surface area contributed by atoms with Gasteiger partial charge in [0, 0.05) is 11.1 Å². The minimum absolute atomic E-state index is 0.0613. The van der Waals surface area contributed by atoms with Gasteiger partial charge in [-0.15, -0.1) is 0 Å². The van der Waals surface area contributed by atoms with Gasteiger partial charge in [0.2, 0.25) is 0 Å². The molecule has 0 radical (unpaired) electrons. The number of ether oxygens (including phenoxy) is 2. The Morgan fingerprint density at radius 1 is 0.960 bits per heavy atom. The highest BCUT2D eigenvalue weighted by molar-refractivity contribution is 14.1. The van der Waals surface area contributed by atoms with E-state index in [2.05, 4.69) is 33.4 Å². The quantitative estimate of drug-likeness (QED) is 0.538. The van der Waals surface area contributed by atoms with Crippen LogP contribution in [-0.4, -0.2) is 25.0 Å². The van der Waals surface area contributed by atoms with E-state index < -0.39 is 11.8 Å². The van der Waals surface area contributed by atoms with Crippen LogP contribution in [0.5, 0.6) is 11.5 Å². The lowest BCUT2D eigenvalue weighted by molar-refractivity contribution is 0.0846. The molecular formula is C18H19IN2O4. The third-order valence-electron chi connectivity index (χ3n) is 3.19. The normalized spacial score (nSPS) is 10.3. The third-order valence-corrected chi connectivity index (χ3v) is 4.03. The Balaban J connectivity index is 1.95. The number of carbonyl (C=O) groups is 2. The molecule has 2 N–H and O–H groups in total. The largest absolute Gasteiger partial charge is 0.496 e. The van der Waals surface area contributed by atoms with E-state index in [4.69, 9.17) is 9.47 Å². The van der Waals surface area contributed by atoms with E-state index >= 15 is 0 Å². The molecular weight excluding hydrogens is 435 g/mol. The summed E-state index contributed by atoms with van der Waals surface area (Å²) in [5, 5.41) is 0. The standard InChI is InChI=1S/C18H19IN2O4/c1-11(2)25-14-7-4-12(5-8-14)17(22)20-21-18(23)13-6-9-16(24-3)15(19)10-13/h4-11H,1-3H3,(H,20,22)(H,21,23). The fourth-order valence-corrected chi connectivity index (χ4v) is 2.76. The zero-order chi connectivity index (χ0) is 18.4. The summed E-state index contributed by atoms with van der Waals surface area (Å²) in [6.07, 6.45) is 0.0613. The van der Waals surface area contributed by atoms with Crippen LogP contribution >= 0.6 is 22.6 Å². The summed E-state index contributed by atoms with van der Waals surface area (Å²) >= 11 is 2.08. The molecule has 2 aromatic rings. The summed E-state index contributed by atoms with van der Waals surface area (Å²) in [5.41, 5.74) is 5.63. The van der Waals surface area contributed by atoms with Crippen LogP contribution in [0, 0.1) is 3.57 Å². The van der Waals surface area contributed by atoms with E-state index in [-0.39, 0.29) is 6.10 Å². The first kappa shape index (κ1) is 19.0. The van der Waals surface area contributed by atoms with Gasteiger partial charge in [-0.05, 0) is 78.9 Å². The van der Waals surface area contributed by atoms with E-state index in [1.54, 1.807) is 49.6 Å². The summed E-state index contributed by atoms with van der Waals surface area (Å²) in [6, 6.07) is 11.7. The molecule has 0 unspecified atom stereocenters. The van der Waals surface area contributed by atoms with E-state index in [1.807, 2.05) is 13.8 Å². The van der Waals surface area contributed by atoms with Crippen LogP contribution < -0.4 is 20.3 Å². The second-order valence-electron chi connectivity index (χ2n) is 5.45. The van der Waals surface area contributed by atoms with Gasteiger partial charge in [-0.1, -0.05) is 0 Å². The summed E-state index contributed by atoms with van der Waals surface area (Å²) in [5.74, 6) is 0.551. The molecule has 0 fully saturated rings. The molecule has 0 bridgehead atoms. The molecule has 0 spiro atoms. The lowest BCUT2D eigenvalue weighted by atomic mass is 10.2. The summed E-state index contributed by atoms with van der Waals surface area (Å²) in [7, 11) is 1.56. The minimum Gasteiger partial charge on any atom is -0.496 e. The minimum atomic E-state index is -0.410. The van der Waals surface area contributed by atoms with Gasteiger partial charge in [0.05, 0.1) is 16.8 Å². The second-order valence-corrected chi connectivity index (χ2v) is 6.61. The van der Waals surface area contributed by atoms with Crippen molar-refractivity contribution < 1.29 is 19.1 Å². The predicted molar refractivity (Wildman–Crippen MR) is 103 cm³/mol. The third kappa shape index (κ3) is 5.35. The highest BCUT2D eigenvalue weighted by Gasteiger charge is 2.11. The van der Waals surface area contributed by atoms with Crippen LogP contribution in [0.15, 0.2) is 42.5 Å². The summed E-state index contributed by atoms with van der Waals surface area (Å²) in [4.78, 5) is 24.2. The van der Waals surface area contributed by atoms with Crippen LogP contribution in [0.2, 0.25) is 0 Å². The fraction of sp³-hybridized carbons (Fsp3) is 0.222. The maximum Gasteiger partial charge on any atom is 0.269 e. The van der Waals surface area contributed by atoms with Gasteiger partial charge in [0.25, 0.3) is 11.8 Å². The number of halogens is 1. The first-order valence-corrected chi connectivity index (χ1v) is 8.69. The number of benzene rings is 2. The Labute approximate surface area is 160 Å². The number of hydrogen-bond acceptors (Lipinski definition) is 4. The van der Waals surface area contributed by atoms with E-state index in [0.29, 0.717) is 22.6 Å². The van der Waals surface area contributed by atoms with Crippen molar-refractivity contribution in [1.82, 2.24) is 10.9 Å². The predicted octanol–water partition coefficient (Wildman–Crippen LogP) is 3.16. The van der Waals surface area contributed by atoms with Crippen LogP contribution in [0.3, 0.4) is 0 Å². The lowest BCUT2D eigenvalue weighted by Crippen LogP contribution is -2.41. The molecule has 0 aliphatic carbocycles. The van der Waals surface area contributed by atoms with Crippen LogP contribution in [-0.2, 0) is 0 Å².